The van der Waals surface area contributed by atoms with Gasteiger partial charge in [0.25, 0.3) is 5.91 Å². The summed E-state index contributed by atoms with van der Waals surface area (Å²) in [6, 6.07) is 5.19. The fourth-order valence-electron chi connectivity index (χ4n) is 3.14. The Hall–Kier alpha value is -2.35. The minimum atomic E-state index is -1.85. The van der Waals surface area contributed by atoms with E-state index in [0.717, 1.165) is 31.2 Å². The highest BCUT2D eigenvalue weighted by Gasteiger charge is 2.58. The summed E-state index contributed by atoms with van der Waals surface area (Å²) in [5.41, 5.74) is 4.68. The van der Waals surface area contributed by atoms with E-state index in [4.69, 9.17) is 10.5 Å². The fraction of sp³-hybridized carbons (Fsp3) is 0.474. The highest BCUT2D eigenvalue weighted by molar-refractivity contribution is 8.30. The van der Waals surface area contributed by atoms with Gasteiger partial charge in [-0.1, -0.05) is 6.07 Å². The Morgan fingerprint density at radius 3 is 2.44 bits per heavy atom. The lowest BCUT2D eigenvalue weighted by Crippen LogP contribution is -2.66. The van der Waals surface area contributed by atoms with Gasteiger partial charge in [-0.15, -0.1) is 0 Å². The number of hydrogen-bond donors (Lipinski definition) is 2. The lowest BCUT2D eigenvalue weighted by molar-refractivity contribution is -0.134. The number of thioether (sulfide) groups is 1. The van der Waals surface area contributed by atoms with Crippen molar-refractivity contribution in [2.24, 2.45) is 11.7 Å². The molecule has 1 aliphatic heterocycles. The van der Waals surface area contributed by atoms with Gasteiger partial charge >= 0.3 is 0 Å². The van der Waals surface area contributed by atoms with Crippen molar-refractivity contribution in [3.63, 3.8) is 0 Å². The normalized spacial score (nSPS) is 20.7. The van der Waals surface area contributed by atoms with Gasteiger partial charge < -0.3 is 15.8 Å². The predicted molar refractivity (Wildman–Crippen MR) is 98.2 cm³/mol. The van der Waals surface area contributed by atoms with Crippen LogP contribution in [0.4, 0.5) is 0 Å². The molecular weight excluding hydrogens is 368 g/mol. The van der Waals surface area contributed by atoms with Crippen LogP contribution >= 0.6 is 11.8 Å². The quantitative estimate of drug-likeness (QED) is 0.652. The van der Waals surface area contributed by atoms with Crippen molar-refractivity contribution in [1.29, 1.82) is 0 Å². The van der Waals surface area contributed by atoms with Crippen LogP contribution in [0, 0.1) is 5.92 Å². The molecular formula is C19H20N2O5S. The molecule has 2 saturated carbocycles. The van der Waals surface area contributed by atoms with Gasteiger partial charge in [0.2, 0.25) is 16.1 Å². The van der Waals surface area contributed by atoms with E-state index in [2.05, 4.69) is 5.32 Å². The number of amides is 2. The zero-order valence-corrected chi connectivity index (χ0v) is 15.5. The minimum Gasteiger partial charge on any atom is -0.493 e. The second-order valence-electron chi connectivity index (χ2n) is 7.46. The first kappa shape index (κ1) is 18.0. The summed E-state index contributed by atoms with van der Waals surface area (Å²) in [5.74, 6) is 0.299. The molecule has 0 spiro atoms. The Morgan fingerprint density at radius 1 is 1.19 bits per heavy atom. The van der Waals surface area contributed by atoms with Crippen molar-refractivity contribution >= 4 is 33.8 Å². The number of carbonyl (C=O) groups excluding carboxylic acids is 4. The lowest BCUT2D eigenvalue weighted by Gasteiger charge is -2.36. The molecule has 3 N–H and O–H groups in total. The van der Waals surface area contributed by atoms with Gasteiger partial charge in [-0.25, -0.2) is 0 Å². The van der Waals surface area contributed by atoms with Crippen molar-refractivity contribution in [3.8, 4) is 5.75 Å². The molecule has 0 aromatic heterocycles. The second kappa shape index (κ2) is 6.67. The SMILES string of the molecule is NC(=O)CC1(NC(=O)c2ccc(C3CC3)c(OCC3CC3)c2)C(=O)SC1=O. The summed E-state index contributed by atoms with van der Waals surface area (Å²) in [5, 5.41) is 1.29. The molecule has 0 unspecified atom stereocenters. The number of hydrogen-bond acceptors (Lipinski definition) is 6. The first-order valence-electron chi connectivity index (χ1n) is 9.03. The van der Waals surface area contributed by atoms with E-state index in [1.807, 2.05) is 6.07 Å². The van der Waals surface area contributed by atoms with Crippen molar-refractivity contribution in [2.75, 3.05) is 6.61 Å². The summed E-state index contributed by atoms with van der Waals surface area (Å²) in [7, 11) is 0. The first-order chi connectivity index (χ1) is 12.9. The molecule has 1 aromatic carbocycles. The Kier molecular flexibility index (Phi) is 4.46. The Bertz CT molecular complexity index is 831. The topological polar surface area (TPSA) is 116 Å². The first-order valence-corrected chi connectivity index (χ1v) is 9.85. The van der Waals surface area contributed by atoms with Gasteiger partial charge in [-0.3, -0.25) is 19.2 Å². The van der Waals surface area contributed by atoms with E-state index in [-0.39, 0.29) is 5.56 Å². The zero-order valence-electron chi connectivity index (χ0n) is 14.7. The van der Waals surface area contributed by atoms with Crippen molar-refractivity contribution in [3.05, 3.63) is 29.3 Å². The van der Waals surface area contributed by atoms with Crippen LogP contribution in [-0.4, -0.2) is 34.2 Å². The predicted octanol–water partition coefficient (Wildman–Crippen LogP) is 1.50. The van der Waals surface area contributed by atoms with Crippen molar-refractivity contribution < 1.29 is 23.9 Å². The standard InChI is InChI=1S/C19H20N2O5S/c20-15(22)8-19(17(24)27-18(19)25)21-16(23)12-5-6-13(11-3-4-11)14(7-12)26-9-10-1-2-10/h5-7,10-11H,1-4,8-9H2,(H2,20,22)(H,21,23). The Labute approximate surface area is 160 Å². The Balaban J connectivity index is 1.55. The average molecular weight is 388 g/mol. The van der Waals surface area contributed by atoms with Crippen LogP contribution in [0.25, 0.3) is 0 Å². The van der Waals surface area contributed by atoms with Crippen LogP contribution in [0.15, 0.2) is 18.2 Å². The minimum absolute atomic E-state index is 0.284. The van der Waals surface area contributed by atoms with Crippen molar-refractivity contribution in [1.82, 2.24) is 5.32 Å². The second-order valence-corrected chi connectivity index (χ2v) is 8.41. The van der Waals surface area contributed by atoms with Gasteiger partial charge in [-0.2, -0.15) is 0 Å². The molecule has 142 valence electrons. The van der Waals surface area contributed by atoms with E-state index in [0.29, 0.717) is 36.0 Å². The summed E-state index contributed by atoms with van der Waals surface area (Å²) >= 11 is 0.481. The maximum Gasteiger partial charge on any atom is 0.252 e. The van der Waals surface area contributed by atoms with Crippen LogP contribution in [0.3, 0.4) is 0 Å². The van der Waals surface area contributed by atoms with E-state index in [1.54, 1.807) is 12.1 Å². The maximum atomic E-state index is 12.7. The number of rotatable bonds is 8. The number of benzene rings is 1. The molecule has 4 rings (SSSR count). The van der Waals surface area contributed by atoms with Crippen LogP contribution < -0.4 is 15.8 Å². The molecule has 0 bridgehead atoms. The number of nitrogens with one attached hydrogen (secondary N) is 1. The summed E-state index contributed by atoms with van der Waals surface area (Å²) in [6.07, 6.45) is 4.00. The molecule has 0 radical (unpaired) electrons. The average Bonchev–Trinajstić information content (AvgIpc) is 3.53. The number of carbonyl (C=O) groups is 4. The van der Waals surface area contributed by atoms with E-state index in [9.17, 15) is 19.2 Å². The number of nitrogens with two attached hydrogens (primary N) is 1. The summed E-state index contributed by atoms with van der Waals surface area (Å²) in [6.45, 7) is 0.629. The monoisotopic (exact) mass is 388 g/mol. The third-order valence-electron chi connectivity index (χ3n) is 5.11. The highest BCUT2D eigenvalue weighted by atomic mass is 32.2. The van der Waals surface area contributed by atoms with Crippen LogP contribution in [0.2, 0.25) is 0 Å². The molecule has 2 amide bonds. The van der Waals surface area contributed by atoms with Gasteiger partial charge in [0.05, 0.1) is 13.0 Å². The van der Waals surface area contributed by atoms with Crippen LogP contribution in [-0.2, 0) is 14.4 Å². The molecule has 1 aromatic rings. The third kappa shape index (κ3) is 3.58. The Morgan fingerprint density at radius 2 is 1.89 bits per heavy atom. The molecule has 7 nitrogen and oxygen atoms in total. The fourth-order valence-corrected chi connectivity index (χ4v) is 3.93. The summed E-state index contributed by atoms with van der Waals surface area (Å²) in [4.78, 5) is 47.9. The molecule has 3 fully saturated rings. The van der Waals surface area contributed by atoms with Gasteiger partial charge in [-0.05, 0) is 67.0 Å². The molecule has 3 aliphatic rings. The van der Waals surface area contributed by atoms with E-state index in [1.165, 1.54) is 0 Å². The van der Waals surface area contributed by atoms with Gasteiger partial charge in [0.1, 0.15) is 5.75 Å². The largest absolute Gasteiger partial charge is 0.493 e. The van der Waals surface area contributed by atoms with E-state index >= 15 is 0 Å². The van der Waals surface area contributed by atoms with Gasteiger partial charge in [0.15, 0.2) is 5.54 Å². The van der Waals surface area contributed by atoms with Crippen LogP contribution in [0.1, 0.15) is 53.9 Å². The molecule has 27 heavy (non-hydrogen) atoms. The smallest absolute Gasteiger partial charge is 0.252 e. The molecule has 0 atom stereocenters. The molecule has 2 aliphatic carbocycles. The zero-order chi connectivity index (χ0) is 19.2. The highest BCUT2D eigenvalue weighted by Crippen LogP contribution is 2.45. The molecule has 1 heterocycles. The van der Waals surface area contributed by atoms with Gasteiger partial charge in [0, 0.05) is 5.56 Å². The molecule has 1 saturated heterocycles. The van der Waals surface area contributed by atoms with Crippen molar-refractivity contribution in [2.45, 2.75) is 43.6 Å². The van der Waals surface area contributed by atoms with E-state index < -0.39 is 34.0 Å². The number of primary amides is 1. The summed E-state index contributed by atoms with van der Waals surface area (Å²) < 4.78 is 5.94. The molecule has 8 heteroatoms. The maximum absolute atomic E-state index is 12.7. The number of ether oxygens (including phenoxy) is 1. The third-order valence-corrected chi connectivity index (χ3v) is 6.18. The lowest BCUT2D eigenvalue weighted by atomic mass is 9.95. The van der Waals surface area contributed by atoms with Crippen LogP contribution in [0.5, 0.6) is 5.75 Å².